The van der Waals surface area contributed by atoms with E-state index in [4.69, 9.17) is 22.1 Å². The number of hydrogen-bond donors (Lipinski definition) is 1. The summed E-state index contributed by atoms with van der Waals surface area (Å²) in [6, 6.07) is 6.19. The summed E-state index contributed by atoms with van der Waals surface area (Å²) in [5, 5.41) is 0.793. The molecule has 1 aromatic carbocycles. The number of ether oxygens (including phenoxy) is 1. The van der Waals surface area contributed by atoms with E-state index < -0.39 is 0 Å². The number of carbonyl (C=O) groups excluding carboxylic acids is 1. The van der Waals surface area contributed by atoms with Gasteiger partial charge in [-0.25, -0.2) is 4.79 Å². The third-order valence-corrected chi connectivity index (χ3v) is 6.71. The van der Waals surface area contributed by atoms with E-state index in [1.165, 1.54) is 28.7 Å². The van der Waals surface area contributed by atoms with Crippen molar-refractivity contribution in [1.82, 2.24) is 9.80 Å². The molecule has 7 heteroatoms. The Hall–Kier alpha value is -2.99. The average molecular weight is 601 g/mol. The molecule has 1 heterocycles. The largest absolute Gasteiger partial charge is 0.444 e. The fourth-order valence-electron chi connectivity index (χ4n) is 4.52. The van der Waals surface area contributed by atoms with Crippen molar-refractivity contribution in [1.29, 1.82) is 0 Å². The van der Waals surface area contributed by atoms with Crippen LogP contribution in [0, 0.1) is 0 Å². The molecule has 2 aliphatic rings. The van der Waals surface area contributed by atoms with Gasteiger partial charge in [0.2, 0.25) is 0 Å². The van der Waals surface area contributed by atoms with Crippen molar-refractivity contribution in [2.75, 3.05) is 26.7 Å². The van der Waals surface area contributed by atoms with E-state index in [9.17, 15) is 4.79 Å². The Morgan fingerprint density at radius 1 is 1.24 bits per heavy atom. The molecule has 0 bridgehead atoms. The highest BCUT2D eigenvalue weighted by atomic mass is 35.5. The molecule has 0 saturated carbocycles. The number of allylic oxidation sites excluding steroid dienone is 3. The molecule has 3 rings (SSSR count). The minimum Gasteiger partial charge on any atom is -0.444 e. The number of carbonyl (C=O) groups is 1. The van der Waals surface area contributed by atoms with E-state index in [0.717, 1.165) is 56.8 Å². The number of fused-ring (bicyclic) bond motifs is 1. The maximum atomic E-state index is 11.5. The van der Waals surface area contributed by atoms with Crippen molar-refractivity contribution in [2.45, 2.75) is 98.5 Å². The van der Waals surface area contributed by atoms with Gasteiger partial charge in [-0.15, -0.1) is 0 Å². The summed E-state index contributed by atoms with van der Waals surface area (Å²) in [5.74, 6) is 0.483. The second kappa shape index (κ2) is 21.7. The number of hydrogen-bond acceptors (Lipinski definition) is 5. The Morgan fingerprint density at radius 2 is 1.88 bits per heavy atom. The van der Waals surface area contributed by atoms with Gasteiger partial charge in [-0.2, -0.15) is 0 Å². The number of rotatable bonds is 6. The molecule has 0 radical (unpaired) electrons. The van der Waals surface area contributed by atoms with Crippen molar-refractivity contribution in [3.05, 3.63) is 76.7 Å². The maximum Gasteiger partial charge on any atom is 0.410 e. The summed E-state index contributed by atoms with van der Waals surface area (Å²) < 4.78 is 5.26. The second-order valence-electron chi connectivity index (χ2n) is 11.3. The minimum absolute atomic E-state index is 0.160. The highest BCUT2D eigenvalue weighted by molar-refractivity contribution is 6.30. The molecule has 1 unspecified atom stereocenters. The number of piperidine rings is 1. The first-order valence-electron chi connectivity index (χ1n) is 15.2. The van der Waals surface area contributed by atoms with Crippen LogP contribution in [0.2, 0.25) is 5.02 Å². The zero-order chi connectivity index (χ0) is 32.1. The number of aliphatic imine (C=N–C) groups is 1. The quantitative estimate of drug-likeness (QED) is 0.330. The van der Waals surface area contributed by atoms with E-state index in [1.54, 1.807) is 17.3 Å². The minimum atomic E-state index is -0.367. The third kappa shape index (κ3) is 16.5. The molecule has 2 N–H and O–H groups in total. The van der Waals surface area contributed by atoms with Crippen LogP contribution in [0.4, 0.5) is 4.79 Å². The number of benzene rings is 1. The summed E-state index contributed by atoms with van der Waals surface area (Å²) in [7, 11) is 2.04. The summed E-state index contributed by atoms with van der Waals surface area (Å²) in [6.07, 6.45) is 15.6. The number of amides is 1. The monoisotopic (exact) mass is 600 g/mol. The first-order chi connectivity index (χ1) is 19.9. The lowest BCUT2D eigenvalue weighted by Crippen LogP contribution is -2.39. The molecule has 1 atom stereocenters. The van der Waals surface area contributed by atoms with Crippen LogP contribution in [-0.2, 0) is 4.74 Å². The lowest BCUT2D eigenvalue weighted by Gasteiger charge is -2.29. The van der Waals surface area contributed by atoms with Crippen molar-refractivity contribution >= 4 is 30.5 Å². The highest BCUT2D eigenvalue weighted by Gasteiger charge is 2.23. The topological polar surface area (TPSA) is 71.2 Å². The molecule has 1 saturated heterocycles. The van der Waals surface area contributed by atoms with E-state index in [-0.39, 0.29) is 11.7 Å². The highest BCUT2D eigenvalue weighted by Crippen LogP contribution is 2.36. The van der Waals surface area contributed by atoms with Gasteiger partial charge >= 0.3 is 6.09 Å². The van der Waals surface area contributed by atoms with E-state index in [1.807, 2.05) is 66.9 Å². The zero-order valence-corrected chi connectivity index (χ0v) is 28.3. The number of nitrogens with zero attached hydrogens (tertiary/aromatic N) is 3. The lowest BCUT2D eigenvalue weighted by molar-refractivity contribution is 0.0216. The van der Waals surface area contributed by atoms with Gasteiger partial charge in [0.25, 0.3) is 0 Å². The first kappa shape index (κ1) is 39.0. The smallest absolute Gasteiger partial charge is 0.410 e. The predicted octanol–water partition coefficient (Wildman–Crippen LogP) is 9.58. The molecule has 1 aromatic rings. The number of halogens is 1. The standard InChI is InChI=1S/C19H25ClN2.C10H19NO2.C4H7N.C2H6/c1-14-11-15(2)19-7-6-18(20)13-17(19)12-16(14)5-4-9-22(3)10-8-21;1-10(2,3)13-9(12)11-7-5-4-6-8-11;1-3-4-5-2;1-2/h6-8,10,12-13,15H,1,4-5,9,11,21H2,2-3H3;4-8H2,1-3H3;3-4H,2H2,1H3;1-2H3/b10-8-;;4-3-;. The number of nitrogens with two attached hydrogens (primary N) is 1. The van der Waals surface area contributed by atoms with E-state index >= 15 is 0 Å². The van der Waals surface area contributed by atoms with Crippen LogP contribution >= 0.6 is 11.6 Å². The van der Waals surface area contributed by atoms with Crippen molar-refractivity contribution in [3.63, 3.8) is 0 Å². The molecule has 0 aromatic heterocycles. The fraction of sp³-hybridized carbons (Fsp3) is 0.543. The van der Waals surface area contributed by atoms with Gasteiger partial charge in [-0.1, -0.05) is 62.7 Å². The molecule has 236 valence electrons. The molecule has 1 fully saturated rings. The average Bonchev–Trinajstić information content (AvgIpc) is 3.05. The van der Waals surface area contributed by atoms with Gasteiger partial charge in [0, 0.05) is 50.3 Å². The van der Waals surface area contributed by atoms with Gasteiger partial charge in [-0.05, 0) is 108 Å². The molecule has 1 aliphatic carbocycles. The predicted molar refractivity (Wildman–Crippen MR) is 184 cm³/mol. The first-order valence-corrected chi connectivity index (χ1v) is 15.6. The van der Waals surface area contributed by atoms with Crippen LogP contribution in [0.15, 0.2) is 65.6 Å². The summed E-state index contributed by atoms with van der Waals surface area (Å²) in [6.45, 7) is 24.1. The summed E-state index contributed by atoms with van der Waals surface area (Å²) in [5.41, 5.74) is 10.2. The normalized spacial score (nSPS) is 16.4. The molecular formula is C35H57ClN4O2. The van der Waals surface area contributed by atoms with Gasteiger partial charge in [0.15, 0.2) is 0 Å². The van der Waals surface area contributed by atoms with E-state index in [0.29, 0.717) is 5.92 Å². The van der Waals surface area contributed by atoms with Crippen LogP contribution in [0.1, 0.15) is 104 Å². The van der Waals surface area contributed by atoms with Gasteiger partial charge in [0.05, 0.1) is 0 Å². The molecule has 42 heavy (non-hydrogen) atoms. The molecular weight excluding hydrogens is 544 g/mol. The maximum absolute atomic E-state index is 11.5. The molecule has 1 aliphatic heterocycles. The van der Waals surface area contributed by atoms with Crippen LogP contribution in [0.3, 0.4) is 0 Å². The van der Waals surface area contributed by atoms with Crippen molar-refractivity contribution in [2.24, 2.45) is 10.7 Å². The Morgan fingerprint density at radius 3 is 2.40 bits per heavy atom. The Kier molecular flexibility index (Phi) is 20.1. The Labute approximate surface area is 262 Å². The third-order valence-electron chi connectivity index (χ3n) is 6.48. The van der Waals surface area contributed by atoms with Gasteiger partial charge in [-0.3, -0.25) is 4.99 Å². The zero-order valence-electron chi connectivity index (χ0n) is 27.6. The Bertz CT molecular complexity index is 1030. The Balaban J connectivity index is 0.000000710. The van der Waals surface area contributed by atoms with Crippen molar-refractivity contribution in [3.8, 4) is 0 Å². The number of likely N-dealkylation sites (tertiary alicyclic amines) is 1. The van der Waals surface area contributed by atoms with Crippen LogP contribution in [0.25, 0.3) is 6.08 Å². The van der Waals surface area contributed by atoms with Crippen molar-refractivity contribution < 1.29 is 9.53 Å². The SMILES string of the molecule is C=C1CC(C)c2ccc(Cl)cc2C=C1CCCN(C)/C=C\N.C=N/C=C\C.CC.CC(C)(C)OC(=O)N1CCCCC1. The lowest BCUT2D eigenvalue weighted by atomic mass is 9.92. The molecule has 1 amide bonds. The van der Waals surface area contributed by atoms with Crippen LogP contribution in [-0.4, -0.2) is 54.9 Å². The second-order valence-corrected chi connectivity index (χ2v) is 11.7. The summed E-state index contributed by atoms with van der Waals surface area (Å²) >= 11 is 6.16. The molecule has 0 spiro atoms. The van der Waals surface area contributed by atoms with E-state index in [2.05, 4.69) is 48.3 Å². The van der Waals surface area contributed by atoms with Crippen LogP contribution in [0.5, 0.6) is 0 Å². The summed E-state index contributed by atoms with van der Waals surface area (Å²) in [4.78, 5) is 18.8. The van der Waals surface area contributed by atoms with Crippen LogP contribution < -0.4 is 5.73 Å². The fourth-order valence-corrected chi connectivity index (χ4v) is 4.70. The van der Waals surface area contributed by atoms with Gasteiger partial charge < -0.3 is 20.3 Å². The van der Waals surface area contributed by atoms with Gasteiger partial charge in [0.1, 0.15) is 5.60 Å². The molecule has 6 nitrogen and oxygen atoms in total.